The van der Waals surface area contributed by atoms with Crippen LogP contribution in [0.5, 0.6) is 0 Å². The Kier molecular flexibility index (Phi) is 2.83. The van der Waals surface area contributed by atoms with E-state index in [1.807, 2.05) is 25.1 Å². The topological polar surface area (TPSA) is 56.7 Å². The number of anilines is 1. The van der Waals surface area contributed by atoms with Crippen molar-refractivity contribution in [1.82, 2.24) is 15.0 Å². The molecule has 0 bridgehead atoms. The van der Waals surface area contributed by atoms with Gasteiger partial charge in [0.25, 0.3) is 0 Å². The van der Waals surface area contributed by atoms with Gasteiger partial charge in [-0.15, -0.1) is 5.10 Å². The monoisotopic (exact) mass is 334 g/mol. The van der Waals surface area contributed by atoms with Crippen LogP contribution in [-0.4, -0.2) is 15.0 Å². The first kappa shape index (κ1) is 10.7. The third-order valence-corrected chi connectivity index (χ3v) is 3.17. The highest BCUT2D eigenvalue weighted by Gasteiger charge is 2.09. The van der Waals surface area contributed by atoms with Gasteiger partial charge >= 0.3 is 0 Å². The zero-order valence-corrected chi connectivity index (χ0v) is 10.8. The van der Waals surface area contributed by atoms with Crippen LogP contribution in [0.15, 0.2) is 18.2 Å². The number of rotatable bonds is 1. The molecule has 2 N–H and O–H groups in total. The second-order valence-corrected chi connectivity index (χ2v) is 4.67. The van der Waals surface area contributed by atoms with Crippen molar-refractivity contribution in [3.05, 3.63) is 32.5 Å². The molecule has 0 fully saturated rings. The number of nitrogen functional groups attached to an aromatic ring is 1. The second kappa shape index (κ2) is 3.97. The number of nitrogens with two attached hydrogens (primary N) is 1. The van der Waals surface area contributed by atoms with Gasteiger partial charge in [-0.2, -0.15) is 0 Å². The van der Waals surface area contributed by atoms with Crippen molar-refractivity contribution in [1.29, 1.82) is 0 Å². The van der Waals surface area contributed by atoms with Gasteiger partial charge in [0.1, 0.15) is 0 Å². The molecule has 1 heterocycles. The van der Waals surface area contributed by atoms with Crippen LogP contribution >= 0.6 is 34.2 Å². The van der Waals surface area contributed by atoms with Crippen molar-refractivity contribution >= 4 is 40.0 Å². The molecule has 15 heavy (non-hydrogen) atoms. The van der Waals surface area contributed by atoms with Gasteiger partial charge in [-0.3, -0.25) is 0 Å². The van der Waals surface area contributed by atoms with Gasteiger partial charge in [0.05, 0.1) is 11.4 Å². The summed E-state index contributed by atoms with van der Waals surface area (Å²) in [7, 11) is 0. The molecule has 1 aromatic heterocycles. The summed E-state index contributed by atoms with van der Waals surface area (Å²) in [5.41, 5.74) is 7.40. The van der Waals surface area contributed by atoms with Crippen LogP contribution < -0.4 is 5.73 Å². The van der Waals surface area contributed by atoms with Gasteiger partial charge in [0.15, 0.2) is 5.82 Å². The minimum Gasteiger partial charge on any atom is -0.381 e. The third kappa shape index (κ3) is 1.93. The summed E-state index contributed by atoms with van der Waals surface area (Å²) in [5, 5.41) is 8.48. The Morgan fingerprint density at radius 2 is 2.20 bits per heavy atom. The molecule has 0 saturated carbocycles. The highest BCUT2D eigenvalue weighted by molar-refractivity contribution is 14.1. The van der Waals surface area contributed by atoms with E-state index < -0.39 is 0 Å². The van der Waals surface area contributed by atoms with E-state index in [4.69, 9.17) is 17.3 Å². The molecular formula is C9H8ClIN4. The van der Waals surface area contributed by atoms with E-state index in [2.05, 4.69) is 32.9 Å². The van der Waals surface area contributed by atoms with Crippen molar-refractivity contribution < 1.29 is 0 Å². The molecule has 4 nitrogen and oxygen atoms in total. The number of benzene rings is 1. The van der Waals surface area contributed by atoms with E-state index in [-0.39, 0.29) is 0 Å². The minimum absolute atomic E-state index is 0.445. The summed E-state index contributed by atoms with van der Waals surface area (Å²) in [6.07, 6.45) is 0. The number of aromatic nitrogens is 3. The molecule has 2 rings (SSSR count). The predicted octanol–water partition coefficient (Wildman–Crippen LogP) is 2.42. The average molecular weight is 335 g/mol. The van der Waals surface area contributed by atoms with Gasteiger partial charge in [0, 0.05) is 8.59 Å². The van der Waals surface area contributed by atoms with E-state index in [1.165, 1.54) is 0 Å². The van der Waals surface area contributed by atoms with Crippen LogP contribution in [0, 0.1) is 10.5 Å². The lowest BCUT2D eigenvalue weighted by Crippen LogP contribution is -2.01. The Bertz CT molecular complexity index is 509. The molecule has 0 spiro atoms. The first-order valence-electron chi connectivity index (χ1n) is 4.23. The molecule has 0 aliphatic rings. The molecule has 1 aromatic carbocycles. The molecule has 0 radical (unpaired) electrons. The van der Waals surface area contributed by atoms with Gasteiger partial charge in [-0.05, 0) is 47.7 Å². The molecule has 6 heteroatoms. The van der Waals surface area contributed by atoms with E-state index >= 15 is 0 Å². The molecule has 0 aliphatic heterocycles. The fraction of sp³-hybridized carbons (Fsp3) is 0.111. The van der Waals surface area contributed by atoms with E-state index in [1.54, 1.807) is 4.68 Å². The third-order valence-electron chi connectivity index (χ3n) is 2.07. The SMILES string of the molecule is Cc1c(N)nnn1-c1ccc(Cl)cc1I. The summed E-state index contributed by atoms with van der Waals surface area (Å²) < 4.78 is 2.71. The average Bonchev–Trinajstić information content (AvgIpc) is 2.49. The Morgan fingerprint density at radius 3 is 2.73 bits per heavy atom. The number of hydrogen-bond acceptors (Lipinski definition) is 3. The highest BCUT2D eigenvalue weighted by atomic mass is 127. The largest absolute Gasteiger partial charge is 0.381 e. The molecule has 0 atom stereocenters. The van der Waals surface area contributed by atoms with E-state index in [0.29, 0.717) is 10.8 Å². The Morgan fingerprint density at radius 1 is 1.47 bits per heavy atom. The lowest BCUT2D eigenvalue weighted by Gasteiger charge is -2.05. The molecule has 2 aromatic rings. The molecule has 78 valence electrons. The van der Waals surface area contributed by atoms with Crippen molar-refractivity contribution in [2.45, 2.75) is 6.92 Å². The zero-order chi connectivity index (χ0) is 11.0. The Hall–Kier alpha value is -0.820. The van der Waals surface area contributed by atoms with Crippen LogP contribution in [0.25, 0.3) is 5.69 Å². The van der Waals surface area contributed by atoms with Gasteiger partial charge in [0.2, 0.25) is 0 Å². The first-order chi connectivity index (χ1) is 7.09. The van der Waals surface area contributed by atoms with Gasteiger partial charge in [-0.1, -0.05) is 16.8 Å². The molecular weight excluding hydrogens is 326 g/mol. The molecule has 0 unspecified atom stereocenters. The summed E-state index contributed by atoms with van der Waals surface area (Å²) in [6, 6.07) is 5.58. The predicted molar refractivity (Wildman–Crippen MR) is 68.2 cm³/mol. The summed E-state index contributed by atoms with van der Waals surface area (Å²) in [5.74, 6) is 0.445. The normalized spacial score (nSPS) is 10.6. The summed E-state index contributed by atoms with van der Waals surface area (Å²) >= 11 is 8.08. The zero-order valence-electron chi connectivity index (χ0n) is 7.91. The number of nitrogens with zero attached hydrogens (tertiary/aromatic N) is 3. The molecule has 0 amide bonds. The molecule has 0 aliphatic carbocycles. The van der Waals surface area contributed by atoms with Crippen molar-refractivity contribution in [2.75, 3.05) is 5.73 Å². The number of hydrogen-bond donors (Lipinski definition) is 1. The van der Waals surface area contributed by atoms with E-state index in [9.17, 15) is 0 Å². The Labute approximate surface area is 106 Å². The minimum atomic E-state index is 0.445. The maximum Gasteiger partial charge on any atom is 0.169 e. The van der Waals surface area contributed by atoms with Crippen LogP contribution in [0.2, 0.25) is 5.02 Å². The Balaban J connectivity index is 2.59. The summed E-state index contributed by atoms with van der Waals surface area (Å²) in [6.45, 7) is 1.88. The smallest absolute Gasteiger partial charge is 0.169 e. The summed E-state index contributed by atoms with van der Waals surface area (Å²) in [4.78, 5) is 0. The van der Waals surface area contributed by atoms with Crippen LogP contribution in [0.1, 0.15) is 5.69 Å². The maximum absolute atomic E-state index is 5.87. The quantitative estimate of drug-likeness (QED) is 0.815. The van der Waals surface area contributed by atoms with E-state index in [0.717, 1.165) is 15.0 Å². The lowest BCUT2D eigenvalue weighted by atomic mass is 10.3. The lowest BCUT2D eigenvalue weighted by molar-refractivity contribution is 0.782. The van der Waals surface area contributed by atoms with Crippen molar-refractivity contribution in [2.24, 2.45) is 0 Å². The highest BCUT2D eigenvalue weighted by Crippen LogP contribution is 2.22. The standard InChI is InChI=1S/C9H8ClIN4/c1-5-9(12)13-14-15(5)8-3-2-6(10)4-7(8)11/h2-4H,12H2,1H3. The fourth-order valence-corrected chi connectivity index (χ4v) is 2.32. The maximum atomic E-state index is 5.87. The van der Waals surface area contributed by atoms with Crippen LogP contribution in [-0.2, 0) is 0 Å². The molecule has 0 saturated heterocycles. The first-order valence-corrected chi connectivity index (χ1v) is 5.68. The van der Waals surface area contributed by atoms with Crippen molar-refractivity contribution in [3.63, 3.8) is 0 Å². The van der Waals surface area contributed by atoms with Gasteiger partial charge in [-0.25, -0.2) is 4.68 Å². The van der Waals surface area contributed by atoms with Gasteiger partial charge < -0.3 is 5.73 Å². The van der Waals surface area contributed by atoms with Crippen LogP contribution in [0.4, 0.5) is 5.82 Å². The fourth-order valence-electron chi connectivity index (χ4n) is 1.22. The second-order valence-electron chi connectivity index (χ2n) is 3.07. The van der Waals surface area contributed by atoms with Crippen molar-refractivity contribution in [3.8, 4) is 5.69 Å². The van der Waals surface area contributed by atoms with Crippen LogP contribution in [0.3, 0.4) is 0 Å². The number of halogens is 2.